The molecule has 0 saturated carbocycles. The average Bonchev–Trinajstić information content (AvgIpc) is 2.87. The van der Waals surface area contributed by atoms with Gasteiger partial charge in [0.15, 0.2) is 0 Å². The molecule has 0 aliphatic rings. The molecule has 1 unspecified atom stereocenters. The molecule has 0 aliphatic heterocycles. The van der Waals surface area contributed by atoms with Gasteiger partial charge < -0.3 is 14.6 Å². The van der Waals surface area contributed by atoms with Crippen molar-refractivity contribution < 1.29 is 91.2 Å². The van der Waals surface area contributed by atoms with Crippen LogP contribution < -0.4 is 56.5 Å². The zero-order valence-corrected chi connectivity index (χ0v) is 26.6. The van der Waals surface area contributed by atoms with Crippen LogP contribution in [-0.4, -0.2) is 48.8 Å². The predicted octanol–water partition coefficient (Wildman–Crippen LogP) is 1.70. The van der Waals surface area contributed by atoms with Crippen molar-refractivity contribution in [2.45, 2.75) is 58.5 Å². The fourth-order valence-corrected chi connectivity index (χ4v) is 2.65. The summed E-state index contributed by atoms with van der Waals surface area (Å²) >= 11 is 0. The summed E-state index contributed by atoms with van der Waals surface area (Å²) < 4.78 is 24.7. The molecule has 0 bridgehead atoms. The maximum Gasteiger partial charge on any atom is 1.00 e. The van der Waals surface area contributed by atoms with E-state index in [2.05, 4.69) is 4.74 Å². The Labute approximate surface area is 272 Å². The van der Waals surface area contributed by atoms with Gasteiger partial charge in [0.25, 0.3) is 11.4 Å². The number of methoxy groups -OCH3 is 2. The minimum absolute atomic E-state index is 0. The van der Waals surface area contributed by atoms with Crippen LogP contribution in [0.1, 0.15) is 59.0 Å². The van der Waals surface area contributed by atoms with Crippen LogP contribution in [0.25, 0.3) is 0 Å². The maximum absolute atomic E-state index is 11.6. The molecule has 2 aromatic carbocycles. The van der Waals surface area contributed by atoms with Gasteiger partial charge >= 0.3 is 63.3 Å². The zero-order valence-electron chi connectivity index (χ0n) is 24.5. The Balaban J connectivity index is -0.000000535. The van der Waals surface area contributed by atoms with Crippen molar-refractivity contribution in [1.82, 2.24) is 0 Å². The minimum atomic E-state index is -1.00. The van der Waals surface area contributed by atoms with Crippen LogP contribution >= 0.6 is 0 Å². The normalized spacial score (nSPS) is 10.6. The number of nitrogens with zero attached hydrogens (tertiary/aromatic N) is 2. The number of non-ortho nitro benzene ring substituents is 2. The van der Waals surface area contributed by atoms with Crippen molar-refractivity contribution >= 4 is 23.3 Å². The molecule has 11 nitrogen and oxygen atoms in total. The van der Waals surface area contributed by atoms with Gasteiger partial charge in [-0.2, -0.15) is 0 Å². The van der Waals surface area contributed by atoms with Gasteiger partial charge in [0.1, 0.15) is 0 Å². The molecule has 0 spiro atoms. The van der Waals surface area contributed by atoms with Crippen molar-refractivity contribution in [1.29, 1.82) is 0 Å². The average molecular weight is 580 g/mol. The molecule has 0 fully saturated rings. The fourth-order valence-electron chi connectivity index (χ4n) is 2.65. The van der Waals surface area contributed by atoms with Crippen molar-refractivity contribution in [3.05, 3.63) is 79.9 Å². The van der Waals surface area contributed by atoms with Gasteiger partial charge in [-0.1, -0.05) is 58.4 Å². The molecule has 39 heavy (non-hydrogen) atoms. The number of halogens is 1. The number of hydrogen-bond acceptors (Lipinski definition) is 9. The largest absolute Gasteiger partial charge is 1.00 e. The second-order valence-electron chi connectivity index (χ2n) is 8.50. The molecule has 2 aromatic rings. The predicted molar refractivity (Wildman–Crippen MR) is 138 cm³/mol. The molecule has 2 rings (SSSR count). The van der Waals surface area contributed by atoms with Gasteiger partial charge in [-0.3, -0.25) is 34.2 Å². The number of nitro benzene ring substituents is 2. The Morgan fingerprint density at radius 2 is 1.33 bits per heavy atom. The minimum Gasteiger partial charge on any atom is -0.850 e. The van der Waals surface area contributed by atoms with Crippen LogP contribution in [0.15, 0.2) is 48.5 Å². The molecule has 0 saturated heterocycles. The smallest absolute Gasteiger partial charge is 0.850 e. The summed E-state index contributed by atoms with van der Waals surface area (Å²) in [6, 6.07) is 11.8. The van der Waals surface area contributed by atoms with E-state index in [4.69, 9.17) is 6.11 Å². The Hall–Kier alpha value is -2.29. The third-order valence-electron chi connectivity index (χ3n) is 4.29. The monoisotopic (exact) mass is 579 g/mol. The van der Waals surface area contributed by atoms with Crippen LogP contribution in [0.3, 0.4) is 0 Å². The van der Waals surface area contributed by atoms with Crippen molar-refractivity contribution in [2.75, 3.05) is 21.4 Å². The second-order valence-corrected chi connectivity index (χ2v) is 8.50. The zero-order chi connectivity index (χ0) is 30.6. The third-order valence-corrected chi connectivity index (χ3v) is 4.29. The Morgan fingerprint density at radius 1 is 0.949 bits per heavy atom. The molecule has 0 amide bonds. The van der Waals surface area contributed by atoms with Gasteiger partial charge in [0, 0.05) is 24.3 Å². The van der Waals surface area contributed by atoms with E-state index >= 15 is 0 Å². The molecule has 0 aromatic heterocycles. The molecule has 0 N–H and O–H groups in total. The van der Waals surface area contributed by atoms with Gasteiger partial charge in [0.2, 0.25) is 0 Å². The number of esters is 2. The van der Waals surface area contributed by atoms with Gasteiger partial charge in [-0.25, -0.2) is 0 Å². The fraction of sp³-hybridized carbons (Fsp3) is 0.462. The number of nitro groups is 2. The second kappa shape index (κ2) is 22.5. The van der Waals surface area contributed by atoms with Crippen molar-refractivity contribution in [2.24, 2.45) is 0 Å². The number of benzene rings is 2. The molecule has 0 radical (unpaired) electrons. The topological polar surface area (TPSA) is 162 Å². The molecule has 0 aliphatic carbocycles. The molecular formula is C26H36FKN2O9. The van der Waals surface area contributed by atoms with Crippen LogP contribution in [0, 0.1) is 20.2 Å². The van der Waals surface area contributed by atoms with Gasteiger partial charge in [-0.15, -0.1) is 5.60 Å². The Kier molecular flexibility index (Phi) is 22.4. The molecule has 1 atom stereocenters. The van der Waals surface area contributed by atoms with E-state index in [1.807, 2.05) is 6.92 Å². The van der Waals surface area contributed by atoms with E-state index in [1.54, 1.807) is 32.9 Å². The number of alkyl halides is 1. The quantitative estimate of drug-likeness (QED) is 0.196. The summed E-state index contributed by atoms with van der Waals surface area (Å²) in [5.41, 5.74) is 0.735. The summed E-state index contributed by atoms with van der Waals surface area (Å²) in [6.45, 7) is 6.87. The summed E-state index contributed by atoms with van der Waals surface area (Å²) in [7, 11) is 1.64. The van der Waals surface area contributed by atoms with Crippen LogP contribution in [0.5, 0.6) is 0 Å². The summed E-state index contributed by atoms with van der Waals surface area (Å²) in [5, 5.41) is 30.9. The van der Waals surface area contributed by atoms with Crippen molar-refractivity contribution in [3.8, 4) is 0 Å². The molecular weight excluding hydrogens is 542 g/mol. The number of hydrogen-bond donors (Lipinski definition) is 0. The molecule has 13 heteroatoms. The SMILES string of the molecule is CC(C)(C)[O-].CCCC(C(=O)OC)c1ccc([N+](=O)[O-])cc1.COC(=O)Cc1ccc([N+](=O)[O-])cc1.[2H]CF.[K+]. The summed E-state index contributed by atoms with van der Waals surface area (Å²) in [6.07, 6.45) is 1.65. The van der Waals surface area contributed by atoms with E-state index in [-0.39, 0.29) is 87.0 Å². The standard InChI is InChI=1S/C12H15NO4.C9H9NO4.C4H9O.CH3F.K/c1-3-4-11(12(14)17-2)9-5-7-10(8-6-9)13(15)16;1-14-9(11)6-7-2-4-8(5-3-7)10(12)13;1-4(2,3)5;1-2;/h5-8,11H,3-4H2,1-2H3;2-5H,6H2,1H3;1-3H3;1H3;/q;;-1;;+1/i;;;1D;. The Bertz CT molecular complexity index is 1010. The first-order valence-electron chi connectivity index (χ1n) is 12.0. The first-order chi connectivity index (χ1) is 18.1. The summed E-state index contributed by atoms with van der Waals surface area (Å²) in [5.74, 6) is -1.01. The van der Waals surface area contributed by atoms with E-state index in [0.717, 1.165) is 12.0 Å². The van der Waals surface area contributed by atoms with E-state index in [1.165, 1.54) is 50.6 Å². The molecule has 212 valence electrons. The number of rotatable bonds is 8. The van der Waals surface area contributed by atoms with Crippen LogP contribution in [-0.2, 0) is 25.5 Å². The number of carbonyl (C=O) groups excluding carboxylic acids is 2. The van der Waals surface area contributed by atoms with Crippen LogP contribution in [0.4, 0.5) is 15.8 Å². The first kappa shape index (κ1) is 38.9. The first-order valence-corrected chi connectivity index (χ1v) is 11.3. The van der Waals surface area contributed by atoms with Gasteiger partial charge in [-0.05, 0) is 17.5 Å². The van der Waals surface area contributed by atoms with Crippen LogP contribution in [0.2, 0.25) is 0 Å². The van der Waals surface area contributed by atoms with E-state index < -0.39 is 22.6 Å². The van der Waals surface area contributed by atoms with E-state index in [9.17, 15) is 39.3 Å². The summed E-state index contributed by atoms with van der Waals surface area (Å²) in [4.78, 5) is 42.3. The third kappa shape index (κ3) is 20.3. The Morgan fingerprint density at radius 3 is 1.64 bits per heavy atom. The van der Waals surface area contributed by atoms with Gasteiger partial charge in [0.05, 0.1) is 44.9 Å². The van der Waals surface area contributed by atoms with Crippen molar-refractivity contribution in [3.63, 3.8) is 0 Å². The maximum atomic E-state index is 11.6. The molecule has 0 heterocycles. The number of carbonyl (C=O) groups is 2. The van der Waals surface area contributed by atoms with E-state index in [0.29, 0.717) is 12.0 Å². The number of ether oxygens (including phenoxy) is 2.